The maximum atomic E-state index is 3.40. The van der Waals surface area contributed by atoms with Crippen molar-refractivity contribution in [1.29, 1.82) is 0 Å². The zero-order chi connectivity index (χ0) is 12.9. The Morgan fingerprint density at radius 1 is 0.789 bits per heavy atom. The minimum atomic E-state index is 1.07. The fourth-order valence-electron chi connectivity index (χ4n) is 2.37. The molecule has 0 unspecified atom stereocenters. The molecule has 0 spiro atoms. The van der Waals surface area contributed by atoms with Gasteiger partial charge in [-0.3, -0.25) is 0 Å². The largest absolute Gasteiger partial charge is 0.369 e. The number of nitrogens with zero attached hydrogens (tertiary/aromatic N) is 1. The zero-order valence-corrected chi connectivity index (χ0v) is 11.0. The highest BCUT2D eigenvalue weighted by molar-refractivity contribution is 5.62. The van der Waals surface area contributed by atoms with Gasteiger partial charge in [-0.1, -0.05) is 18.2 Å². The van der Waals surface area contributed by atoms with Gasteiger partial charge < -0.3 is 15.5 Å². The van der Waals surface area contributed by atoms with Crippen LogP contribution in [0.4, 0.5) is 17.1 Å². The molecule has 98 valence electrons. The molecule has 2 N–H and O–H groups in total. The predicted molar refractivity (Wildman–Crippen MR) is 81.2 cm³/mol. The Hall–Kier alpha value is -2.00. The van der Waals surface area contributed by atoms with Crippen molar-refractivity contribution in [2.24, 2.45) is 0 Å². The minimum absolute atomic E-state index is 1.07. The van der Waals surface area contributed by atoms with E-state index in [9.17, 15) is 0 Å². The van der Waals surface area contributed by atoms with E-state index in [0.717, 1.165) is 37.6 Å². The van der Waals surface area contributed by atoms with Crippen molar-refractivity contribution in [2.75, 3.05) is 36.4 Å². The van der Waals surface area contributed by atoms with Crippen LogP contribution in [0.2, 0.25) is 0 Å². The van der Waals surface area contributed by atoms with Crippen LogP contribution in [-0.4, -0.2) is 26.2 Å². The number of hydrogen-bond donors (Lipinski definition) is 2. The molecular weight excluding hydrogens is 234 g/mol. The van der Waals surface area contributed by atoms with Gasteiger partial charge in [0, 0.05) is 43.2 Å². The van der Waals surface area contributed by atoms with Gasteiger partial charge in [0.05, 0.1) is 0 Å². The molecule has 3 heteroatoms. The summed E-state index contributed by atoms with van der Waals surface area (Å²) in [5.74, 6) is 0. The van der Waals surface area contributed by atoms with E-state index >= 15 is 0 Å². The van der Waals surface area contributed by atoms with Crippen molar-refractivity contribution in [2.45, 2.75) is 0 Å². The molecule has 1 aliphatic rings. The Kier molecular flexibility index (Phi) is 3.65. The second-order valence-electron chi connectivity index (χ2n) is 4.77. The first-order chi connectivity index (χ1) is 9.42. The number of rotatable bonds is 3. The molecular formula is C16H19N3. The topological polar surface area (TPSA) is 27.3 Å². The van der Waals surface area contributed by atoms with Crippen LogP contribution in [0.15, 0.2) is 54.6 Å². The van der Waals surface area contributed by atoms with E-state index in [1.54, 1.807) is 0 Å². The Bertz CT molecular complexity index is 501. The Morgan fingerprint density at radius 3 is 2.11 bits per heavy atom. The first-order valence-electron chi connectivity index (χ1n) is 6.80. The summed E-state index contributed by atoms with van der Waals surface area (Å²) in [5, 5.41) is 6.78. The molecule has 0 aliphatic carbocycles. The van der Waals surface area contributed by atoms with Gasteiger partial charge in [-0.25, -0.2) is 0 Å². The van der Waals surface area contributed by atoms with E-state index in [-0.39, 0.29) is 0 Å². The van der Waals surface area contributed by atoms with Crippen LogP contribution in [0.25, 0.3) is 0 Å². The molecule has 0 amide bonds. The van der Waals surface area contributed by atoms with Gasteiger partial charge in [-0.2, -0.15) is 0 Å². The van der Waals surface area contributed by atoms with Crippen LogP contribution in [0, 0.1) is 0 Å². The molecule has 1 fully saturated rings. The predicted octanol–water partition coefficient (Wildman–Crippen LogP) is 2.84. The lowest BCUT2D eigenvalue weighted by Crippen LogP contribution is -2.43. The van der Waals surface area contributed by atoms with Crippen LogP contribution in [0.3, 0.4) is 0 Å². The molecule has 2 aromatic rings. The SMILES string of the molecule is c1ccc(Nc2ccc(N3CCNCC3)cc2)cc1. The maximum absolute atomic E-state index is 3.40. The highest BCUT2D eigenvalue weighted by Gasteiger charge is 2.09. The second kappa shape index (κ2) is 5.76. The molecule has 3 rings (SSSR count). The van der Waals surface area contributed by atoms with E-state index in [4.69, 9.17) is 0 Å². The van der Waals surface area contributed by atoms with E-state index in [0.29, 0.717) is 0 Å². The van der Waals surface area contributed by atoms with Crippen molar-refractivity contribution in [3.8, 4) is 0 Å². The molecule has 3 nitrogen and oxygen atoms in total. The van der Waals surface area contributed by atoms with Gasteiger partial charge >= 0.3 is 0 Å². The van der Waals surface area contributed by atoms with Crippen LogP contribution in [0.1, 0.15) is 0 Å². The lowest BCUT2D eigenvalue weighted by Gasteiger charge is -2.29. The molecule has 1 saturated heterocycles. The molecule has 0 saturated carbocycles. The summed E-state index contributed by atoms with van der Waals surface area (Å²) in [6.07, 6.45) is 0. The third-order valence-corrected chi connectivity index (χ3v) is 3.41. The van der Waals surface area contributed by atoms with Gasteiger partial charge in [0.25, 0.3) is 0 Å². The minimum Gasteiger partial charge on any atom is -0.369 e. The van der Waals surface area contributed by atoms with Crippen molar-refractivity contribution >= 4 is 17.1 Å². The van der Waals surface area contributed by atoms with Crippen LogP contribution in [0.5, 0.6) is 0 Å². The van der Waals surface area contributed by atoms with Crippen LogP contribution < -0.4 is 15.5 Å². The number of hydrogen-bond acceptors (Lipinski definition) is 3. The summed E-state index contributed by atoms with van der Waals surface area (Å²) >= 11 is 0. The Labute approximate surface area is 114 Å². The van der Waals surface area contributed by atoms with Crippen LogP contribution in [-0.2, 0) is 0 Å². The van der Waals surface area contributed by atoms with Gasteiger partial charge in [0.2, 0.25) is 0 Å². The number of anilines is 3. The van der Waals surface area contributed by atoms with Crippen molar-refractivity contribution in [1.82, 2.24) is 5.32 Å². The number of nitrogens with one attached hydrogen (secondary N) is 2. The fraction of sp³-hybridized carbons (Fsp3) is 0.250. The molecule has 0 bridgehead atoms. The van der Waals surface area contributed by atoms with Crippen molar-refractivity contribution < 1.29 is 0 Å². The van der Waals surface area contributed by atoms with Crippen molar-refractivity contribution in [3.63, 3.8) is 0 Å². The van der Waals surface area contributed by atoms with Crippen molar-refractivity contribution in [3.05, 3.63) is 54.6 Å². The van der Waals surface area contributed by atoms with Gasteiger partial charge in [0.1, 0.15) is 0 Å². The monoisotopic (exact) mass is 253 g/mol. The molecule has 0 atom stereocenters. The highest BCUT2D eigenvalue weighted by atomic mass is 15.2. The molecule has 19 heavy (non-hydrogen) atoms. The standard InChI is InChI=1S/C16H19N3/c1-2-4-14(5-3-1)18-15-6-8-16(9-7-15)19-12-10-17-11-13-19/h1-9,17-18H,10-13H2. The molecule has 2 aromatic carbocycles. The van der Waals surface area contributed by atoms with Crippen LogP contribution >= 0.6 is 0 Å². The van der Waals surface area contributed by atoms with Gasteiger partial charge in [0.15, 0.2) is 0 Å². The second-order valence-corrected chi connectivity index (χ2v) is 4.77. The first-order valence-corrected chi connectivity index (χ1v) is 6.80. The Morgan fingerprint density at radius 2 is 1.42 bits per heavy atom. The third kappa shape index (κ3) is 3.06. The molecule has 1 aliphatic heterocycles. The quantitative estimate of drug-likeness (QED) is 0.880. The van der Waals surface area contributed by atoms with E-state index < -0.39 is 0 Å². The average Bonchev–Trinajstić information content (AvgIpc) is 2.50. The molecule has 0 aromatic heterocycles. The lowest BCUT2D eigenvalue weighted by molar-refractivity contribution is 0.589. The average molecular weight is 253 g/mol. The smallest absolute Gasteiger partial charge is 0.0385 e. The number of piperazine rings is 1. The summed E-state index contributed by atoms with van der Waals surface area (Å²) in [5.41, 5.74) is 3.56. The zero-order valence-electron chi connectivity index (χ0n) is 11.0. The van der Waals surface area contributed by atoms with Gasteiger partial charge in [-0.15, -0.1) is 0 Å². The number of para-hydroxylation sites is 1. The van der Waals surface area contributed by atoms with E-state index in [2.05, 4.69) is 51.9 Å². The Balaban J connectivity index is 1.68. The lowest BCUT2D eigenvalue weighted by atomic mass is 10.2. The summed E-state index contributed by atoms with van der Waals surface area (Å²) in [4.78, 5) is 2.42. The normalized spacial score (nSPS) is 15.3. The number of benzene rings is 2. The highest BCUT2D eigenvalue weighted by Crippen LogP contribution is 2.21. The van der Waals surface area contributed by atoms with E-state index in [1.165, 1.54) is 5.69 Å². The molecule has 1 heterocycles. The summed E-state index contributed by atoms with van der Waals surface area (Å²) in [6, 6.07) is 18.9. The maximum Gasteiger partial charge on any atom is 0.0385 e. The third-order valence-electron chi connectivity index (χ3n) is 3.41. The fourth-order valence-corrected chi connectivity index (χ4v) is 2.37. The summed E-state index contributed by atoms with van der Waals surface area (Å²) < 4.78 is 0. The molecule has 0 radical (unpaired) electrons. The van der Waals surface area contributed by atoms with E-state index in [1.807, 2.05) is 18.2 Å². The van der Waals surface area contributed by atoms with Gasteiger partial charge in [-0.05, 0) is 36.4 Å². The summed E-state index contributed by atoms with van der Waals surface area (Å²) in [6.45, 7) is 4.32. The summed E-state index contributed by atoms with van der Waals surface area (Å²) in [7, 11) is 0. The first kappa shape index (κ1) is 12.1.